The van der Waals surface area contributed by atoms with Crippen molar-refractivity contribution in [3.63, 3.8) is 0 Å². The summed E-state index contributed by atoms with van der Waals surface area (Å²) in [6, 6.07) is 15.8. The van der Waals surface area contributed by atoms with Gasteiger partial charge in [-0.3, -0.25) is 9.59 Å². The monoisotopic (exact) mass is 382 g/mol. The van der Waals surface area contributed by atoms with Crippen molar-refractivity contribution in [2.45, 2.75) is 26.3 Å². The standard InChI is InChI=1S/C21H26N4O3/c1-14(2)19(15-7-4-3-5-8-15)25-21(28)24-17-10-6-9-16(13-17)20(27)23-12-11-18(22)26/h3-10,13-14,19H,11-12H2,1-2H3,(H2,22,26)(H,23,27)(H2,24,25,28). The van der Waals surface area contributed by atoms with Crippen molar-refractivity contribution < 1.29 is 14.4 Å². The summed E-state index contributed by atoms with van der Waals surface area (Å²) in [7, 11) is 0. The number of carbonyl (C=O) groups excluding carboxylic acids is 3. The second-order valence-corrected chi connectivity index (χ2v) is 6.78. The largest absolute Gasteiger partial charge is 0.370 e. The SMILES string of the molecule is CC(C)C(NC(=O)Nc1cccc(C(=O)NCCC(N)=O)c1)c1ccccc1. The topological polar surface area (TPSA) is 113 Å². The molecule has 0 aromatic heterocycles. The fraction of sp³-hybridized carbons (Fsp3) is 0.286. The molecule has 0 bridgehead atoms. The molecule has 2 aromatic carbocycles. The predicted molar refractivity (Wildman–Crippen MR) is 109 cm³/mol. The number of hydrogen-bond donors (Lipinski definition) is 4. The molecule has 7 heteroatoms. The number of urea groups is 1. The van der Waals surface area contributed by atoms with Crippen molar-refractivity contribution in [1.82, 2.24) is 10.6 Å². The van der Waals surface area contributed by atoms with Crippen LogP contribution in [0, 0.1) is 5.92 Å². The fourth-order valence-corrected chi connectivity index (χ4v) is 2.74. The molecule has 2 rings (SSSR count). The second kappa shape index (κ2) is 10.1. The van der Waals surface area contributed by atoms with E-state index < -0.39 is 5.91 Å². The van der Waals surface area contributed by atoms with Gasteiger partial charge in [0.25, 0.3) is 5.91 Å². The van der Waals surface area contributed by atoms with Crippen LogP contribution in [-0.2, 0) is 4.79 Å². The highest BCUT2D eigenvalue weighted by atomic mass is 16.2. The number of primary amides is 1. The molecule has 2 aromatic rings. The maximum atomic E-state index is 12.5. The van der Waals surface area contributed by atoms with Gasteiger partial charge in [-0.2, -0.15) is 0 Å². The van der Waals surface area contributed by atoms with Crippen LogP contribution in [0.4, 0.5) is 10.5 Å². The van der Waals surface area contributed by atoms with Crippen LogP contribution in [0.1, 0.15) is 42.2 Å². The first-order valence-corrected chi connectivity index (χ1v) is 9.16. The van der Waals surface area contributed by atoms with E-state index >= 15 is 0 Å². The molecule has 28 heavy (non-hydrogen) atoms. The Morgan fingerprint density at radius 1 is 1.00 bits per heavy atom. The van der Waals surface area contributed by atoms with Crippen molar-refractivity contribution in [3.05, 3.63) is 65.7 Å². The van der Waals surface area contributed by atoms with Crippen molar-refractivity contribution in [2.24, 2.45) is 11.7 Å². The average molecular weight is 382 g/mol. The number of nitrogens with one attached hydrogen (secondary N) is 3. The zero-order valence-corrected chi connectivity index (χ0v) is 16.1. The van der Waals surface area contributed by atoms with Gasteiger partial charge >= 0.3 is 6.03 Å². The Morgan fingerprint density at radius 2 is 1.71 bits per heavy atom. The number of nitrogens with two attached hydrogens (primary N) is 1. The zero-order chi connectivity index (χ0) is 20.5. The third kappa shape index (κ3) is 6.42. The lowest BCUT2D eigenvalue weighted by Crippen LogP contribution is -2.35. The van der Waals surface area contributed by atoms with Crippen LogP contribution in [0.25, 0.3) is 0 Å². The molecule has 0 radical (unpaired) electrons. The predicted octanol–water partition coefficient (Wildman–Crippen LogP) is 2.81. The molecule has 4 amide bonds. The molecule has 7 nitrogen and oxygen atoms in total. The minimum absolute atomic E-state index is 0.0716. The summed E-state index contributed by atoms with van der Waals surface area (Å²) in [6.07, 6.45) is 0.0716. The van der Waals surface area contributed by atoms with Gasteiger partial charge in [-0.05, 0) is 29.7 Å². The van der Waals surface area contributed by atoms with Gasteiger partial charge in [0.1, 0.15) is 0 Å². The Kier molecular flexibility index (Phi) is 7.56. The molecular weight excluding hydrogens is 356 g/mol. The van der Waals surface area contributed by atoms with E-state index in [4.69, 9.17) is 5.73 Å². The Morgan fingerprint density at radius 3 is 2.36 bits per heavy atom. The summed E-state index contributed by atoms with van der Waals surface area (Å²) in [5.41, 5.74) is 6.95. The normalized spacial score (nSPS) is 11.5. The van der Waals surface area contributed by atoms with Gasteiger partial charge < -0.3 is 21.7 Å². The van der Waals surface area contributed by atoms with Crippen LogP contribution >= 0.6 is 0 Å². The summed E-state index contributed by atoms with van der Waals surface area (Å²) in [4.78, 5) is 35.3. The Balaban J connectivity index is 1.99. The molecule has 0 fully saturated rings. The van der Waals surface area contributed by atoms with E-state index in [1.54, 1.807) is 24.3 Å². The van der Waals surface area contributed by atoms with E-state index in [0.717, 1.165) is 5.56 Å². The second-order valence-electron chi connectivity index (χ2n) is 6.78. The van der Waals surface area contributed by atoms with E-state index in [9.17, 15) is 14.4 Å². The van der Waals surface area contributed by atoms with E-state index in [1.807, 2.05) is 44.2 Å². The molecule has 0 heterocycles. The smallest absolute Gasteiger partial charge is 0.319 e. The summed E-state index contributed by atoms with van der Waals surface area (Å²) >= 11 is 0. The Hall–Kier alpha value is -3.35. The lowest BCUT2D eigenvalue weighted by molar-refractivity contribution is -0.117. The van der Waals surface area contributed by atoms with Crippen LogP contribution in [0.2, 0.25) is 0 Å². The quantitative estimate of drug-likeness (QED) is 0.563. The zero-order valence-electron chi connectivity index (χ0n) is 16.1. The minimum atomic E-state index is -0.481. The molecule has 5 N–H and O–H groups in total. The van der Waals surface area contributed by atoms with Gasteiger partial charge in [0.05, 0.1) is 6.04 Å². The highest BCUT2D eigenvalue weighted by Gasteiger charge is 2.18. The van der Waals surface area contributed by atoms with Crippen LogP contribution < -0.4 is 21.7 Å². The molecule has 1 unspecified atom stereocenters. The van der Waals surface area contributed by atoms with Gasteiger partial charge in [0, 0.05) is 24.2 Å². The van der Waals surface area contributed by atoms with E-state index in [2.05, 4.69) is 16.0 Å². The minimum Gasteiger partial charge on any atom is -0.370 e. The van der Waals surface area contributed by atoms with Gasteiger partial charge in [-0.25, -0.2) is 4.79 Å². The first-order valence-electron chi connectivity index (χ1n) is 9.16. The third-order valence-corrected chi connectivity index (χ3v) is 4.15. The highest BCUT2D eigenvalue weighted by Crippen LogP contribution is 2.21. The van der Waals surface area contributed by atoms with Gasteiger partial charge in [0.15, 0.2) is 0 Å². The van der Waals surface area contributed by atoms with Crippen LogP contribution in [0.5, 0.6) is 0 Å². The third-order valence-electron chi connectivity index (χ3n) is 4.15. The van der Waals surface area contributed by atoms with Gasteiger partial charge in [-0.1, -0.05) is 50.2 Å². The molecule has 1 atom stereocenters. The van der Waals surface area contributed by atoms with E-state index in [1.165, 1.54) is 0 Å². The average Bonchev–Trinajstić information content (AvgIpc) is 2.66. The van der Waals surface area contributed by atoms with Gasteiger partial charge in [-0.15, -0.1) is 0 Å². The fourth-order valence-electron chi connectivity index (χ4n) is 2.74. The summed E-state index contributed by atoms with van der Waals surface area (Å²) < 4.78 is 0. The van der Waals surface area contributed by atoms with Crippen LogP contribution in [0.3, 0.4) is 0 Å². The van der Waals surface area contributed by atoms with Crippen molar-refractivity contribution >= 4 is 23.5 Å². The van der Waals surface area contributed by atoms with Crippen molar-refractivity contribution in [1.29, 1.82) is 0 Å². The number of rotatable bonds is 8. The molecular formula is C21H26N4O3. The number of amides is 4. The number of benzene rings is 2. The molecule has 148 valence electrons. The molecule has 0 saturated heterocycles. The highest BCUT2D eigenvalue weighted by molar-refractivity contribution is 5.97. The molecule has 0 aliphatic carbocycles. The van der Waals surface area contributed by atoms with Crippen LogP contribution in [0.15, 0.2) is 54.6 Å². The number of carbonyl (C=O) groups is 3. The van der Waals surface area contributed by atoms with Crippen molar-refractivity contribution in [3.8, 4) is 0 Å². The molecule has 0 aliphatic rings. The first-order chi connectivity index (χ1) is 13.4. The summed E-state index contributed by atoms with van der Waals surface area (Å²) in [5.74, 6) is -0.615. The van der Waals surface area contributed by atoms with Gasteiger partial charge in [0.2, 0.25) is 5.91 Å². The maximum Gasteiger partial charge on any atom is 0.319 e. The first kappa shape index (κ1) is 21.0. The number of anilines is 1. The summed E-state index contributed by atoms with van der Waals surface area (Å²) in [6.45, 7) is 4.24. The lowest BCUT2D eigenvalue weighted by Gasteiger charge is -2.23. The Labute approximate surface area is 164 Å². The van der Waals surface area contributed by atoms with Crippen LogP contribution in [-0.4, -0.2) is 24.4 Å². The Bertz CT molecular complexity index is 821. The van der Waals surface area contributed by atoms with Crippen molar-refractivity contribution in [2.75, 3.05) is 11.9 Å². The lowest BCUT2D eigenvalue weighted by atomic mass is 9.96. The van der Waals surface area contributed by atoms with E-state index in [-0.39, 0.29) is 36.9 Å². The summed E-state index contributed by atoms with van der Waals surface area (Å²) in [5, 5.41) is 8.35. The molecule has 0 saturated carbocycles. The maximum absolute atomic E-state index is 12.5. The van der Waals surface area contributed by atoms with E-state index in [0.29, 0.717) is 11.3 Å². The molecule has 0 aliphatic heterocycles. The number of hydrogen-bond acceptors (Lipinski definition) is 3. The molecule has 0 spiro atoms.